The minimum absolute atomic E-state index is 0.162. The molecule has 0 saturated carbocycles. The van der Waals surface area contributed by atoms with Crippen LogP contribution in [0.25, 0.3) is 27.7 Å². The molecular formula is C29H32N4O5. The van der Waals surface area contributed by atoms with E-state index in [1.165, 1.54) is 10.9 Å². The summed E-state index contributed by atoms with van der Waals surface area (Å²) in [5.41, 5.74) is 4.86. The van der Waals surface area contributed by atoms with Crippen LogP contribution in [0.5, 0.6) is 0 Å². The normalized spacial score (nSPS) is 13.0. The van der Waals surface area contributed by atoms with Gasteiger partial charge in [0.2, 0.25) is 0 Å². The second-order valence-electron chi connectivity index (χ2n) is 8.46. The van der Waals surface area contributed by atoms with Crippen LogP contribution in [0.15, 0.2) is 76.7 Å². The topological polar surface area (TPSA) is 106 Å². The lowest BCUT2D eigenvalue weighted by molar-refractivity contribution is -0.0980. The molecule has 0 unspecified atom stereocenters. The first-order chi connectivity index (χ1) is 18.6. The third-order valence-electron chi connectivity index (χ3n) is 5.97. The Morgan fingerprint density at radius 1 is 1.00 bits per heavy atom. The van der Waals surface area contributed by atoms with Crippen molar-refractivity contribution in [2.45, 2.75) is 6.92 Å². The molecule has 3 aromatic carbocycles. The van der Waals surface area contributed by atoms with Crippen molar-refractivity contribution in [2.24, 2.45) is 5.16 Å². The highest BCUT2D eigenvalue weighted by Gasteiger charge is 2.17. The second kappa shape index (κ2) is 13.8. The summed E-state index contributed by atoms with van der Waals surface area (Å²) in [7, 11) is 3.25. The Bertz CT molecular complexity index is 1440. The van der Waals surface area contributed by atoms with Gasteiger partial charge in [0, 0.05) is 43.9 Å². The minimum atomic E-state index is -0.162. The highest BCUT2D eigenvalue weighted by atomic mass is 16.5. The molecule has 0 aliphatic carbocycles. The first kappa shape index (κ1) is 28.2. The SMILES string of the molecule is C=O.COC.Cc1ccc(N2CCOCC2)cc1-n1nc(-c2cccc(/C=N/O)c2)c2ccccc2c1=O. The molecule has 1 N–H and O–H groups in total. The van der Waals surface area contributed by atoms with Gasteiger partial charge in [0.15, 0.2) is 0 Å². The fourth-order valence-electron chi connectivity index (χ4n) is 4.24. The third-order valence-corrected chi connectivity index (χ3v) is 5.97. The monoisotopic (exact) mass is 516 g/mol. The molecule has 1 aromatic heterocycles. The standard InChI is InChI=1S/C26H24N4O3.C2H6O.CH2O/c1-18-9-10-21(29-11-13-33-14-12-29)16-24(18)30-26(31)23-8-3-2-7-22(23)25(28-30)20-6-4-5-19(15-20)17-27-32;1-3-2;1-2/h2-10,15-17,32H,11-14H2,1H3;1-2H3;1H2/b27-17+;;. The van der Waals surface area contributed by atoms with Crippen molar-refractivity contribution in [1.82, 2.24) is 9.78 Å². The summed E-state index contributed by atoms with van der Waals surface area (Å²) in [5, 5.41) is 18.3. The second-order valence-corrected chi connectivity index (χ2v) is 8.46. The Balaban J connectivity index is 0.000000748. The van der Waals surface area contributed by atoms with E-state index in [1.807, 2.05) is 74.4 Å². The summed E-state index contributed by atoms with van der Waals surface area (Å²) in [6.45, 7) is 6.99. The molecule has 38 heavy (non-hydrogen) atoms. The maximum absolute atomic E-state index is 13.5. The molecule has 1 aliphatic heterocycles. The number of morpholine rings is 1. The van der Waals surface area contributed by atoms with E-state index in [0.717, 1.165) is 46.5 Å². The summed E-state index contributed by atoms with van der Waals surface area (Å²) in [6, 6.07) is 21.2. The Kier molecular flexibility index (Phi) is 10.3. The van der Waals surface area contributed by atoms with Gasteiger partial charge in [-0.05, 0) is 42.3 Å². The van der Waals surface area contributed by atoms with Crippen molar-refractivity contribution in [2.75, 3.05) is 45.4 Å². The van der Waals surface area contributed by atoms with Crippen molar-refractivity contribution in [3.63, 3.8) is 0 Å². The van der Waals surface area contributed by atoms with Gasteiger partial charge < -0.3 is 24.4 Å². The summed E-state index contributed by atoms with van der Waals surface area (Å²) in [4.78, 5) is 23.8. The number of benzene rings is 3. The zero-order chi connectivity index (χ0) is 27.5. The predicted octanol–water partition coefficient (Wildman–Crippen LogP) is 4.08. The van der Waals surface area contributed by atoms with E-state index in [1.54, 1.807) is 14.2 Å². The van der Waals surface area contributed by atoms with Gasteiger partial charge in [-0.2, -0.15) is 9.78 Å². The number of oxime groups is 1. The lowest BCUT2D eigenvalue weighted by Gasteiger charge is -2.29. The van der Waals surface area contributed by atoms with Crippen LogP contribution < -0.4 is 10.5 Å². The van der Waals surface area contributed by atoms with E-state index in [4.69, 9.17) is 19.8 Å². The van der Waals surface area contributed by atoms with Crippen molar-refractivity contribution >= 4 is 29.5 Å². The molecule has 198 valence electrons. The number of rotatable bonds is 4. The molecule has 1 aliphatic rings. The van der Waals surface area contributed by atoms with Gasteiger partial charge in [-0.25, -0.2) is 0 Å². The minimum Gasteiger partial charge on any atom is -0.411 e. The molecule has 0 radical (unpaired) electrons. The van der Waals surface area contributed by atoms with E-state index >= 15 is 0 Å². The average molecular weight is 517 g/mol. The van der Waals surface area contributed by atoms with Gasteiger partial charge in [0.05, 0.1) is 36.2 Å². The van der Waals surface area contributed by atoms with Crippen LogP contribution in [-0.4, -0.2) is 68.5 Å². The molecule has 2 heterocycles. The number of aryl methyl sites for hydroxylation is 1. The van der Waals surface area contributed by atoms with Gasteiger partial charge in [0.25, 0.3) is 5.56 Å². The number of hydrogen-bond donors (Lipinski definition) is 1. The average Bonchev–Trinajstić information content (AvgIpc) is 2.96. The Labute approximate surface area is 221 Å². The van der Waals surface area contributed by atoms with E-state index in [2.05, 4.69) is 20.9 Å². The summed E-state index contributed by atoms with van der Waals surface area (Å²) in [5.74, 6) is 0. The van der Waals surface area contributed by atoms with E-state index in [-0.39, 0.29) is 5.56 Å². The van der Waals surface area contributed by atoms with Crippen molar-refractivity contribution in [1.29, 1.82) is 0 Å². The number of fused-ring (bicyclic) bond motifs is 1. The fourth-order valence-corrected chi connectivity index (χ4v) is 4.24. The summed E-state index contributed by atoms with van der Waals surface area (Å²) < 4.78 is 11.2. The number of nitrogens with zero attached hydrogens (tertiary/aromatic N) is 4. The number of ether oxygens (including phenoxy) is 2. The van der Waals surface area contributed by atoms with E-state index in [0.29, 0.717) is 24.3 Å². The van der Waals surface area contributed by atoms with E-state index < -0.39 is 0 Å². The van der Waals surface area contributed by atoms with Crippen LogP contribution in [0.4, 0.5) is 5.69 Å². The fraction of sp³-hybridized carbons (Fsp3) is 0.241. The Morgan fingerprint density at radius 2 is 1.68 bits per heavy atom. The smallest absolute Gasteiger partial charge is 0.279 e. The van der Waals surface area contributed by atoms with Crippen LogP contribution in [0, 0.1) is 6.92 Å². The molecule has 0 amide bonds. The summed E-state index contributed by atoms with van der Waals surface area (Å²) in [6.07, 6.45) is 1.37. The van der Waals surface area contributed by atoms with E-state index in [9.17, 15) is 4.79 Å². The maximum Gasteiger partial charge on any atom is 0.279 e. The quantitative estimate of drug-likeness (QED) is 0.247. The first-order valence-corrected chi connectivity index (χ1v) is 12.0. The third kappa shape index (κ3) is 6.31. The molecular weight excluding hydrogens is 484 g/mol. The lowest BCUT2D eigenvalue weighted by Crippen LogP contribution is -2.36. The van der Waals surface area contributed by atoms with Crippen molar-refractivity contribution < 1.29 is 19.5 Å². The zero-order valence-electron chi connectivity index (χ0n) is 21.8. The Hall–Kier alpha value is -4.34. The van der Waals surface area contributed by atoms with Crippen LogP contribution in [-0.2, 0) is 14.3 Å². The molecule has 0 spiro atoms. The number of anilines is 1. The molecule has 9 nitrogen and oxygen atoms in total. The van der Waals surface area contributed by atoms with Crippen LogP contribution in [0.1, 0.15) is 11.1 Å². The molecule has 1 saturated heterocycles. The maximum atomic E-state index is 13.5. The molecule has 5 rings (SSSR count). The number of methoxy groups -OCH3 is 1. The predicted molar refractivity (Wildman–Crippen MR) is 150 cm³/mol. The van der Waals surface area contributed by atoms with Crippen LogP contribution in [0.2, 0.25) is 0 Å². The highest BCUT2D eigenvalue weighted by molar-refractivity contribution is 5.95. The highest BCUT2D eigenvalue weighted by Crippen LogP contribution is 2.28. The summed E-state index contributed by atoms with van der Waals surface area (Å²) >= 11 is 0. The van der Waals surface area contributed by atoms with Crippen LogP contribution >= 0.6 is 0 Å². The van der Waals surface area contributed by atoms with Crippen molar-refractivity contribution in [3.05, 3.63) is 88.2 Å². The van der Waals surface area contributed by atoms with Crippen LogP contribution in [0.3, 0.4) is 0 Å². The Morgan fingerprint density at radius 3 is 2.37 bits per heavy atom. The van der Waals surface area contributed by atoms with Gasteiger partial charge in [0.1, 0.15) is 6.79 Å². The molecule has 4 aromatic rings. The number of aromatic nitrogens is 2. The lowest BCUT2D eigenvalue weighted by atomic mass is 10.0. The van der Waals surface area contributed by atoms with Gasteiger partial charge in [-0.3, -0.25) is 4.79 Å². The number of carbonyl (C=O) groups is 1. The number of hydrogen-bond acceptors (Lipinski definition) is 8. The largest absolute Gasteiger partial charge is 0.411 e. The first-order valence-electron chi connectivity index (χ1n) is 12.0. The number of carbonyl (C=O) groups excluding carboxylic acids is 1. The van der Waals surface area contributed by atoms with Gasteiger partial charge >= 0.3 is 0 Å². The molecule has 1 fully saturated rings. The zero-order valence-corrected chi connectivity index (χ0v) is 21.8. The van der Waals surface area contributed by atoms with Gasteiger partial charge in [-0.1, -0.05) is 47.6 Å². The molecule has 0 bridgehead atoms. The molecule has 9 heteroatoms. The molecule has 0 atom stereocenters. The van der Waals surface area contributed by atoms with Crippen molar-refractivity contribution in [3.8, 4) is 16.9 Å². The van der Waals surface area contributed by atoms with Gasteiger partial charge in [-0.15, -0.1) is 0 Å².